The van der Waals surface area contributed by atoms with E-state index in [1.807, 2.05) is 25.1 Å². The van der Waals surface area contributed by atoms with Gasteiger partial charge in [-0.05, 0) is 43.9 Å². The maximum Gasteiger partial charge on any atom is 0.221 e. The van der Waals surface area contributed by atoms with Gasteiger partial charge in [0.25, 0.3) is 0 Å². The Morgan fingerprint density at radius 1 is 1.50 bits per heavy atom. The highest BCUT2D eigenvalue weighted by Crippen LogP contribution is 2.23. The number of para-hydroxylation sites is 1. The van der Waals surface area contributed by atoms with Crippen LogP contribution < -0.4 is 5.32 Å². The van der Waals surface area contributed by atoms with Crippen molar-refractivity contribution in [3.63, 3.8) is 0 Å². The Kier molecular flexibility index (Phi) is 5.15. The number of benzene rings is 1. The molecular weight excluding hydrogens is 252 g/mol. The van der Waals surface area contributed by atoms with Crippen LogP contribution in [0.4, 0.5) is 5.69 Å². The number of anilines is 1. The largest absolute Gasteiger partial charge is 0.393 e. The number of likely N-dealkylation sites (tertiary alicyclic amines) is 1. The molecule has 1 amide bonds. The van der Waals surface area contributed by atoms with Gasteiger partial charge in [0.05, 0.1) is 6.10 Å². The maximum atomic E-state index is 11.2. The molecule has 0 radical (unpaired) electrons. The van der Waals surface area contributed by atoms with Gasteiger partial charge in [-0.15, -0.1) is 0 Å². The molecular formula is C16H24N2O2. The molecule has 0 unspecified atom stereocenters. The SMILES string of the molecule is CC(=O)Nc1ccccc1CN1CCC[C@H]([C@@H](C)O)C1. The van der Waals surface area contributed by atoms with E-state index in [-0.39, 0.29) is 12.0 Å². The topological polar surface area (TPSA) is 52.6 Å². The standard InChI is InChI=1S/C16H24N2O2/c1-12(19)14-7-5-9-18(10-14)11-15-6-3-4-8-16(15)17-13(2)20/h3-4,6,8,12,14,19H,5,7,9-11H2,1-2H3,(H,17,20)/t12-,14+/m1/s1. The van der Waals surface area contributed by atoms with Crippen LogP contribution in [0.15, 0.2) is 24.3 Å². The summed E-state index contributed by atoms with van der Waals surface area (Å²) >= 11 is 0. The van der Waals surface area contributed by atoms with E-state index < -0.39 is 0 Å². The van der Waals surface area contributed by atoms with Crippen LogP contribution in [0.5, 0.6) is 0 Å². The van der Waals surface area contributed by atoms with Gasteiger partial charge < -0.3 is 10.4 Å². The van der Waals surface area contributed by atoms with Crippen molar-refractivity contribution in [2.45, 2.75) is 39.3 Å². The van der Waals surface area contributed by atoms with E-state index in [2.05, 4.69) is 16.3 Å². The Balaban J connectivity index is 2.04. The number of nitrogens with one attached hydrogen (secondary N) is 1. The molecule has 0 bridgehead atoms. The minimum Gasteiger partial charge on any atom is -0.393 e. The van der Waals surface area contributed by atoms with Gasteiger partial charge in [-0.1, -0.05) is 18.2 Å². The molecule has 1 aliphatic rings. The Hall–Kier alpha value is -1.39. The fourth-order valence-corrected chi connectivity index (χ4v) is 2.84. The molecule has 1 saturated heterocycles. The second kappa shape index (κ2) is 6.86. The van der Waals surface area contributed by atoms with Gasteiger partial charge in [-0.25, -0.2) is 0 Å². The third-order valence-corrected chi connectivity index (χ3v) is 3.95. The first-order valence-electron chi connectivity index (χ1n) is 7.32. The van der Waals surface area contributed by atoms with Crippen LogP contribution in [0, 0.1) is 5.92 Å². The number of carbonyl (C=O) groups is 1. The predicted molar refractivity (Wildman–Crippen MR) is 80.4 cm³/mol. The minimum atomic E-state index is -0.247. The highest BCUT2D eigenvalue weighted by Gasteiger charge is 2.23. The van der Waals surface area contributed by atoms with Crippen LogP contribution in [0.2, 0.25) is 0 Å². The van der Waals surface area contributed by atoms with Gasteiger partial charge in [-0.2, -0.15) is 0 Å². The van der Waals surface area contributed by atoms with Gasteiger partial charge in [0.2, 0.25) is 5.91 Å². The van der Waals surface area contributed by atoms with Crippen molar-refractivity contribution >= 4 is 11.6 Å². The van der Waals surface area contributed by atoms with Gasteiger partial charge in [-0.3, -0.25) is 9.69 Å². The molecule has 4 heteroatoms. The number of piperidine rings is 1. The summed E-state index contributed by atoms with van der Waals surface area (Å²) in [7, 11) is 0. The number of amides is 1. The molecule has 0 spiro atoms. The Morgan fingerprint density at radius 3 is 2.95 bits per heavy atom. The third kappa shape index (κ3) is 4.05. The number of hydrogen-bond acceptors (Lipinski definition) is 3. The molecule has 2 rings (SSSR count). The molecule has 1 aromatic rings. The zero-order valence-electron chi connectivity index (χ0n) is 12.3. The van der Waals surface area contributed by atoms with Crippen LogP contribution in [-0.4, -0.2) is 35.1 Å². The van der Waals surface area contributed by atoms with E-state index in [0.29, 0.717) is 5.92 Å². The van der Waals surface area contributed by atoms with Crippen molar-refractivity contribution in [1.29, 1.82) is 0 Å². The van der Waals surface area contributed by atoms with Crippen molar-refractivity contribution in [2.75, 3.05) is 18.4 Å². The molecule has 1 aliphatic heterocycles. The molecule has 110 valence electrons. The summed E-state index contributed by atoms with van der Waals surface area (Å²) in [5.74, 6) is 0.314. The molecule has 1 heterocycles. The third-order valence-electron chi connectivity index (χ3n) is 3.95. The molecule has 2 atom stereocenters. The lowest BCUT2D eigenvalue weighted by Gasteiger charge is -2.34. The van der Waals surface area contributed by atoms with Crippen LogP contribution in [0.25, 0.3) is 0 Å². The summed E-state index contributed by atoms with van der Waals surface area (Å²) in [6, 6.07) is 7.92. The van der Waals surface area contributed by atoms with E-state index in [9.17, 15) is 9.90 Å². The lowest BCUT2D eigenvalue weighted by molar-refractivity contribution is -0.114. The first-order valence-corrected chi connectivity index (χ1v) is 7.32. The van der Waals surface area contributed by atoms with Crippen molar-refractivity contribution in [3.05, 3.63) is 29.8 Å². The molecule has 1 fully saturated rings. The van der Waals surface area contributed by atoms with Crippen LogP contribution in [0.3, 0.4) is 0 Å². The Labute approximate surface area is 120 Å². The second-order valence-corrected chi connectivity index (χ2v) is 5.72. The van der Waals surface area contributed by atoms with Gasteiger partial charge in [0.15, 0.2) is 0 Å². The van der Waals surface area contributed by atoms with E-state index in [0.717, 1.165) is 43.7 Å². The summed E-state index contributed by atoms with van der Waals surface area (Å²) in [6.07, 6.45) is 1.97. The van der Waals surface area contributed by atoms with Crippen LogP contribution >= 0.6 is 0 Å². The first-order chi connectivity index (χ1) is 9.56. The Morgan fingerprint density at radius 2 is 2.25 bits per heavy atom. The van der Waals surface area contributed by atoms with E-state index in [4.69, 9.17) is 0 Å². The summed E-state index contributed by atoms with van der Waals surface area (Å²) < 4.78 is 0. The van der Waals surface area contributed by atoms with E-state index in [1.54, 1.807) is 0 Å². The molecule has 2 N–H and O–H groups in total. The Bertz CT molecular complexity index is 460. The maximum absolute atomic E-state index is 11.2. The molecule has 0 saturated carbocycles. The number of hydrogen-bond donors (Lipinski definition) is 2. The average Bonchev–Trinajstić information content (AvgIpc) is 2.41. The number of aliphatic hydroxyl groups is 1. The first kappa shape index (κ1) is 15.0. The lowest BCUT2D eigenvalue weighted by atomic mass is 9.93. The molecule has 4 nitrogen and oxygen atoms in total. The van der Waals surface area contributed by atoms with E-state index in [1.165, 1.54) is 6.92 Å². The molecule has 1 aromatic carbocycles. The average molecular weight is 276 g/mol. The zero-order chi connectivity index (χ0) is 14.5. The van der Waals surface area contributed by atoms with E-state index >= 15 is 0 Å². The number of nitrogens with zero attached hydrogens (tertiary/aromatic N) is 1. The normalized spacial score (nSPS) is 21.4. The van der Waals surface area contributed by atoms with Crippen molar-refractivity contribution in [1.82, 2.24) is 4.90 Å². The van der Waals surface area contributed by atoms with Crippen molar-refractivity contribution in [2.24, 2.45) is 5.92 Å². The van der Waals surface area contributed by atoms with Crippen molar-refractivity contribution < 1.29 is 9.90 Å². The van der Waals surface area contributed by atoms with Crippen molar-refractivity contribution in [3.8, 4) is 0 Å². The lowest BCUT2D eigenvalue weighted by Crippen LogP contribution is -2.39. The molecule has 0 aromatic heterocycles. The summed E-state index contributed by atoms with van der Waals surface area (Å²) in [5, 5.41) is 12.6. The smallest absolute Gasteiger partial charge is 0.221 e. The fraction of sp³-hybridized carbons (Fsp3) is 0.562. The minimum absolute atomic E-state index is 0.0436. The second-order valence-electron chi connectivity index (χ2n) is 5.72. The number of carbonyl (C=O) groups excluding carboxylic acids is 1. The highest BCUT2D eigenvalue weighted by molar-refractivity contribution is 5.89. The van der Waals surface area contributed by atoms with Gasteiger partial charge in [0, 0.05) is 25.7 Å². The van der Waals surface area contributed by atoms with Gasteiger partial charge in [0.1, 0.15) is 0 Å². The summed E-state index contributed by atoms with van der Waals surface area (Å²) in [6.45, 7) is 6.20. The summed E-state index contributed by atoms with van der Waals surface area (Å²) in [5.41, 5.74) is 2.02. The summed E-state index contributed by atoms with van der Waals surface area (Å²) in [4.78, 5) is 13.6. The zero-order valence-corrected chi connectivity index (χ0v) is 12.3. The quantitative estimate of drug-likeness (QED) is 0.886. The fourth-order valence-electron chi connectivity index (χ4n) is 2.84. The monoisotopic (exact) mass is 276 g/mol. The molecule has 0 aliphatic carbocycles. The van der Waals surface area contributed by atoms with Crippen LogP contribution in [-0.2, 0) is 11.3 Å². The predicted octanol–water partition coefficient (Wildman–Crippen LogP) is 2.24. The number of aliphatic hydroxyl groups excluding tert-OH is 1. The highest BCUT2D eigenvalue weighted by atomic mass is 16.3. The number of rotatable bonds is 4. The van der Waals surface area contributed by atoms with Gasteiger partial charge >= 0.3 is 0 Å². The van der Waals surface area contributed by atoms with Crippen LogP contribution in [0.1, 0.15) is 32.3 Å². The molecule has 20 heavy (non-hydrogen) atoms.